The largest absolute Gasteiger partial charge is 0.306 e. The van der Waals surface area contributed by atoms with Gasteiger partial charge in [0.1, 0.15) is 5.82 Å². The molecule has 2 nitrogen and oxygen atoms in total. The molecule has 0 bridgehead atoms. The summed E-state index contributed by atoms with van der Waals surface area (Å²) in [6.07, 6.45) is 7.72. The van der Waals surface area contributed by atoms with Crippen molar-refractivity contribution in [1.29, 1.82) is 0 Å². The fourth-order valence-corrected chi connectivity index (χ4v) is 4.05. The molecule has 0 spiro atoms. The standard InChI is InChI=1S/C19H29FN2/c1-21-13-10-19(11-14-21)22-12-2-3-17(15-22)5-4-16-6-8-18(20)9-7-16/h6-9,17,19H,2-5,10-15H2,1H3. The van der Waals surface area contributed by atoms with Gasteiger partial charge in [-0.25, -0.2) is 4.39 Å². The van der Waals surface area contributed by atoms with Gasteiger partial charge in [0.15, 0.2) is 0 Å². The zero-order chi connectivity index (χ0) is 15.4. The van der Waals surface area contributed by atoms with E-state index >= 15 is 0 Å². The lowest BCUT2D eigenvalue weighted by Crippen LogP contribution is -2.47. The van der Waals surface area contributed by atoms with Crippen molar-refractivity contribution in [2.45, 2.75) is 44.6 Å². The highest BCUT2D eigenvalue weighted by Crippen LogP contribution is 2.26. The number of hydrogen-bond acceptors (Lipinski definition) is 2. The van der Waals surface area contributed by atoms with Crippen LogP contribution in [0, 0.1) is 11.7 Å². The van der Waals surface area contributed by atoms with E-state index in [0.29, 0.717) is 0 Å². The SMILES string of the molecule is CN1CCC(N2CCCC(CCc3ccc(F)cc3)C2)CC1. The van der Waals surface area contributed by atoms with E-state index in [1.807, 2.05) is 12.1 Å². The van der Waals surface area contributed by atoms with Crippen molar-refractivity contribution in [1.82, 2.24) is 9.80 Å². The summed E-state index contributed by atoms with van der Waals surface area (Å²) in [5.41, 5.74) is 1.28. The van der Waals surface area contributed by atoms with Gasteiger partial charge in [-0.3, -0.25) is 0 Å². The maximum absolute atomic E-state index is 13.0. The Bertz CT molecular complexity index is 451. The van der Waals surface area contributed by atoms with Gasteiger partial charge in [-0.15, -0.1) is 0 Å². The van der Waals surface area contributed by atoms with Crippen molar-refractivity contribution >= 4 is 0 Å². The first kappa shape index (κ1) is 15.9. The number of nitrogens with zero attached hydrogens (tertiary/aromatic N) is 2. The molecule has 2 fully saturated rings. The summed E-state index contributed by atoms with van der Waals surface area (Å²) in [7, 11) is 2.23. The van der Waals surface area contributed by atoms with Crippen LogP contribution in [0.25, 0.3) is 0 Å². The summed E-state index contributed by atoms with van der Waals surface area (Å²) in [6.45, 7) is 5.07. The van der Waals surface area contributed by atoms with E-state index in [-0.39, 0.29) is 5.82 Å². The third-order valence-corrected chi connectivity index (χ3v) is 5.51. The van der Waals surface area contributed by atoms with Crippen LogP contribution in [0.3, 0.4) is 0 Å². The van der Waals surface area contributed by atoms with Crippen LogP contribution >= 0.6 is 0 Å². The Morgan fingerprint density at radius 2 is 1.77 bits per heavy atom. The predicted octanol–water partition coefficient (Wildman–Crippen LogP) is 3.56. The Morgan fingerprint density at radius 1 is 1.05 bits per heavy atom. The first-order chi connectivity index (χ1) is 10.7. The number of halogens is 1. The minimum Gasteiger partial charge on any atom is -0.306 e. The quantitative estimate of drug-likeness (QED) is 0.839. The highest BCUT2D eigenvalue weighted by Gasteiger charge is 2.27. The second-order valence-electron chi connectivity index (χ2n) is 7.20. The van der Waals surface area contributed by atoms with Gasteiger partial charge in [-0.2, -0.15) is 0 Å². The number of hydrogen-bond donors (Lipinski definition) is 0. The summed E-state index contributed by atoms with van der Waals surface area (Å²) in [5.74, 6) is 0.688. The molecule has 0 amide bonds. The minimum absolute atomic E-state index is 0.130. The highest BCUT2D eigenvalue weighted by molar-refractivity contribution is 5.16. The average Bonchev–Trinajstić information content (AvgIpc) is 2.55. The van der Waals surface area contributed by atoms with Crippen LogP contribution in [-0.4, -0.2) is 49.1 Å². The third-order valence-electron chi connectivity index (χ3n) is 5.51. The topological polar surface area (TPSA) is 6.48 Å². The molecule has 2 aliphatic heterocycles. The molecule has 0 radical (unpaired) electrons. The molecule has 2 aliphatic rings. The van der Waals surface area contributed by atoms with E-state index in [1.165, 1.54) is 63.8 Å². The average molecular weight is 304 g/mol. The first-order valence-corrected chi connectivity index (χ1v) is 8.88. The van der Waals surface area contributed by atoms with Crippen LogP contribution in [0.15, 0.2) is 24.3 Å². The lowest BCUT2D eigenvalue weighted by atomic mass is 9.89. The fourth-order valence-electron chi connectivity index (χ4n) is 4.05. The monoisotopic (exact) mass is 304 g/mol. The summed E-state index contributed by atoms with van der Waals surface area (Å²) < 4.78 is 13.0. The van der Waals surface area contributed by atoms with Crippen LogP contribution < -0.4 is 0 Å². The smallest absolute Gasteiger partial charge is 0.123 e. The number of likely N-dealkylation sites (tertiary alicyclic amines) is 2. The summed E-state index contributed by atoms with van der Waals surface area (Å²) >= 11 is 0. The van der Waals surface area contributed by atoms with Crippen molar-refractivity contribution < 1.29 is 4.39 Å². The number of benzene rings is 1. The molecule has 2 saturated heterocycles. The third kappa shape index (κ3) is 4.30. The number of rotatable bonds is 4. The number of aryl methyl sites for hydroxylation is 1. The Kier molecular flexibility index (Phi) is 5.48. The normalized spacial score (nSPS) is 25.5. The van der Waals surface area contributed by atoms with Crippen molar-refractivity contribution in [3.63, 3.8) is 0 Å². The molecule has 0 N–H and O–H groups in total. The number of piperidine rings is 2. The molecule has 0 aromatic heterocycles. The first-order valence-electron chi connectivity index (χ1n) is 8.88. The van der Waals surface area contributed by atoms with E-state index in [9.17, 15) is 4.39 Å². The molecule has 122 valence electrons. The summed E-state index contributed by atoms with van der Waals surface area (Å²) in [5, 5.41) is 0. The molecule has 3 rings (SSSR count). The molecule has 22 heavy (non-hydrogen) atoms. The lowest BCUT2D eigenvalue weighted by molar-refractivity contribution is 0.0766. The molecule has 3 heteroatoms. The van der Waals surface area contributed by atoms with Gasteiger partial charge in [0.2, 0.25) is 0 Å². The van der Waals surface area contributed by atoms with Gasteiger partial charge in [0, 0.05) is 12.6 Å². The molecule has 1 atom stereocenters. The molecule has 1 aromatic carbocycles. The second-order valence-corrected chi connectivity index (χ2v) is 7.20. The molecule has 2 heterocycles. The Hall–Kier alpha value is -0.930. The zero-order valence-electron chi connectivity index (χ0n) is 13.8. The minimum atomic E-state index is -0.130. The van der Waals surface area contributed by atoms with E-state index in [1.54, 1.807) is 12.1 Å². The predicted molar refractivity (Wildman–Crippen MR) is 89.5 cm³/mol. The second kappa shape index (κ2) is 7.56. The summed E-state index contributed by atoms with van der Waals surface area (Å²) in [6, 6.07) is 7.85. The van der Waals surface area contributed by atoms with Crippen LogP contribution in [0.5, 0.6) is 0 Å². The maximum Gasteiger partial charge on any atom is 0.123 e. The van der Waals surface area contributed by atoms with Crippen molar-refractivity contribution in [2.75, 3.05) is 33.2 Å². The van der Waals surface area contributed by atoms with Gasteiger partial charge in [-0.05, 0) is 88.8 Å². The summed E-state index contributed by atoms with van der Waals surface area (Å²) in [4.78, 5) is 5.21. The van der Waals surface area contributed by atoms with Crippen LogP contribution in [0.2, 0.25) is 0 Å². The van der Waals surface area contributed by atoms with Gasteiger partial charge in [0.05, 0.1) is 0 Å². The van der Waals surface area contributed by atoms with Crippen molar-refractivity contribution in [2.24, 2.45) is 5.92 Å². The molecular weight excluding hydrogens is 275 g/mol. The van der Waals surface area contributed by atoms with E-state index in [2.05, 4.69) is 16.8 Å². The van der Waals surface area contributed by atoms with Crippen LogP contribution in [0.4, 0.5) is 4.39 Å². The highest BCUT2D eigenvalue weighted by atomic mass is 19.1. The van der Waals surface area contributed by atoms with Gasteiger partial charge in [-0.1, -0.05) is 12.1 Å². The molecule has 1 unspecified atom stereocenters. The van der Waals surface area contributed by atoms with Gasteiger partial charge in [0.25, 0.3) is 0 Å². The van der Waals surface area contributed by atoms with Gasteiger partial charge < -0.3 is 9.80 Å². The Labute approximate surface area is 134 Å². The van der Waals surface area contributed by atoms with Gasteiger partial charge >= 0.3 is 0 Å². The maximum atomic E-state index is 13.0. The molecule has 1 aromatic rings. The van der Waals surface area contributed by atoms with E-state index in [0.717, 1.165) is 18.4 Å². The Balaban J connectivity index is 1.47. The van der Waals surface area contributed by atoms with Crippen molar-refractivity contribution in [3.05, 3.63) is 35.6 Å². The molecule has 0 aliphatic carbocycles. The molecular formula is C19H29FN2. The van der Waals surface area contributed by atoms with Crippen molar-refractivity contribution in [3.8, 4) is 0 Å². The van der Waals surface area contributed by atoms with Crippen LogP contribution in [-0.2, 0) is 6.42 Å². The lowest BCUT2D eigenvalue weighted by Gasteiger charge is -2.41. The van der Waals surface area contributed by atoms with E-state index < -0.39 is 0 Å². The van der Waals surface area contributed by atoms with Crippen LogP contribution in [0.1, 0.15) is 37.7 Å². The zero-order valence-corrected chi connectivity index (χ0v) is 13.8. The molecule has 0 saturated carbocycles. The fraction of sp³-hybridized carbons (Fsp3) is 0.684. The Morgan fingerprint density at radius 3 is 2.50 bits per heavy atom. The van der Waals surface area contributed by atoms with E-state index in [4.69, 9.17) is 0 Å².